The first-order chi connectivity index (χ1) is 12.7. The first-order valence-corrected chi connectivity index (χ1v) is 10.0. The van der Waals surface area contributed by atoms with E-state index in [9.17, 15) is 22.0 Å². The molecular weight excluding hydrogens is 376 g/mol. The van der Waals surface area contributed by atoms with Crippen molar-refractivity contribution in [1.29, 1.82) is 0 Å². The Morgan fingerprint density at radius 2 is 1.89 bits per heavy atom. The quantitative estimate of drug-likeness (QED) is 0.824. The van der Waals surface area contributed by atoms with E-state index in [2.05, 4.69) is 0 Å². The van der Waals surface area contributed by atoms with Crippen molar-refractivity contribution in [3.05, 3.63) is 53.6 Å². The number of carbonyl (C=O) groups is 1. The van der Waals surface area contributed by atoms with Gasteiger partial charge in [0.15, 0.2) is 0 Å². The number of anilines is 1. The summed E-state index contributed by atoms with van der Waals surface area (Å²) in [5, 5.41) is 5.22. The number of nitrogens with zero attached hydrogens (tertiary/aromatic N) is 1. The highest BCUT2D eigenvalue weighted by Gasteiger charge is 2.30. The average molecular weight is 395 g/mol. The maximum absolute atomic E-state index is 14.4. The summed E-state index contributed by atoms with van der Waals surface area (Å²) < 4.78 is 51.6. The van der Waals surface area contributed by atoms with Gasteiger partial charge in [0, 0.05) is 12.1 Å². The number of halogens is 2. The Bertz CT molecular complexity index is 995. The van der Waals surface area contributed by atoms with Crippen molar-refractivity contribution >= 4 is 21.6 Å². The number of amides is 1. The summed E-state index contributed by atoms with van der Waals surface area (Å²) in [6, 6.07) is 6.77. The minimum absolute atomic E-state index is 0.0865. The van der Waals surface area contributed by atoms with E-state index in [1.165, 1.54) is 23.1 Å². The van der Waals surface area contributed by atoms with Crippen molar-refractivity contribution in [2.24, 2.45) is 10.9 Å². The molecular formula is C18H19F2N3O3S. The molecule has 144 valence electrons. The van der Waals surface area contributed by atoms with Gasteiger partial charge in [0.2, 0.25) is 15.9 Å². The number of nitrogens with two attached hydrogens (primary N) is 2. The fourth-order valence-corrected chi connectivity index (χ4v) is 3.98. The average Bonchev–Trinajstić information content (AvgIpc) is 2.57. The molecule has 0 bridgehead atoms. The van der Waals surface area contributed by atoms with Crippen LogP contribution in [0.4, 0.5) is 14.5 Å². The lowest BCUT2D eigenvalue weighted by molar-refractivity contribution is -0.120. The Labute approximate surface area is 155 Å². The zero-order chi connectivity index (χ0) is 19.8. The molecule has 1 aliphatic heterocycles. The van der Waals surface area contributed by atoms with Crippen LogP contribution in [0.1, 0.15) is 18.4 Å². The topological polar surface area (TPSA) is 106 Å². The van der Waals surface area contributed by atoms with Crippen LogP contribution < -0.4 is 15.8 Å². The summed E-state index contributed by atoms with van der Waals surface area (Å²) in [5.74, 6) is -2.30. The molecule has 2 aromatic rings. The normalized spacial score (nSPS) is 18.0. The van der Waals surface area contributed by atoms with Gasteiger partial charge in [0.1, 0.15) is 11.6 Å². The number of primary sulfonamides is 1. The van der Waals surface area contributed by atoms with Gasteiger partial charge in [-0.05, 0) is 48.2 Å². The van der Waals surface area contributed by atoms with Crippen molar-refractivity contribution in [2.75, 3.05) is 11.4 Å². The summed E-state index contributed by atoms with van der Waals surface area (Å²) in [5.41, 5.74) is 6.47. The number of benzene rings is 2. The SMILES string of the molecule is NC1CCCN(c2cc(F)cc(-c3cccc(F)c3)c2CS(N)(=O)=O)C1=O. The number of sulfonamides is 1. The predicted molar refractivity (Wildman–Crippen MR) is 98.2 cm³/mol. The molecule has 3 rings (SSSR count). The lowest BCUT2D eigenvalue weighted by Gasteiger charge is -2.32. The maximum atomic E-state index is 14.4. The Morgan fingerprint density at radius 1 is 1.15 bits per heavy atom. The van der Waals surface area contributed by atoms with Crippen molar-refractivity contribution in [3.8, 4) is 11.1 Å². The van der Waals surface area contributed by atoms with Gasteiger partial charge in [0.05, 0.1) is 17.5 Å². The van der Waals surface area contributed by atoms with Gasteiger partial charge >= 0.3 is 0 Å². The minimum atomic E-state index is -4.01. The third kappa shape index (κ3) is 4.32. The number of hydrogen-bond donors (Lipinski definition) is 2. The molecule has 4 N–H and O–H groups in total. The molecule has 1 saturated heterocycles. The molecule has 6 nitrogen and oxygen atoms in total. The van der Waals surface area contributed by atoms with Crippen LogP contribution in [-0.4, -0.2) is 26.9 Å². The summed E-state index contributed by atoms with van der Waals surface area (Å²) >= 11 is 0. The zero-order valence-corrected chi connectivity index (χ0v) is 15.2. The standard InChI is InChI=1S/C18H19F2N3O3S/c19-12-4-1-3-11(7-12)14-8-13(20)9-17(15(14)10-27(22,25)26)23-6-2-5-16(21)18(23)24/h1,3-4,7-9,16H,2,5-6,10,21H2,(H2,22,25,26). The second-order valence-corrected chi connectivity index (χ2v) is 8.12. The van der Waals surface area contributed by atoms with Crippen LogP contribution in [0.5, 0.6) is 0 Å². The highest BCUT2D eigenvalue weighted by molar-refractivity contribution is 7.88. The molecule has 0 spiro atoms. The number of carbonyl (C=O) groups excluding carboxylic acids is 1. The molecule has 1 aliphatic rings. The Kier molecular flexibility index (Phi) is 5.27. The first-order valence-electron chi connectivity index (χ1n) is 8.31. The molecule has 0 aromatic heterocycles. The van der Waals surface area contributed by atoms with E-state index in [1.54, 1.807) is 0 Å². The highest BCUT2D eigenvalue weighted by Crippen LogP contribution is 2.35. The largest absolute Gasteiger partial charge is 0.320 e. The van der Waals surface area contributed by atoms with Crippen molar-refractivity contribution in [2.45, 2.75) is 24.6 Å². The fourth-order valence-electron chi connectivity index (χ4n) is 3.27. The molecule has 9 heteroatoms. The molecule has 1 fully saturated rings. The van der Waals surface area contributed by atoms with Gasteiger partial charge in [-0.25, -0.2) is 22.3 Å². The van der Waals surface area contributed by atoms with Crippen LogP contribution in [0.25, 0.3) is 11.1 Å². The van der Waals surface area contributed by atoms with Gasteiger partial charge < -0.3 is 10.6 Å². The van der Waals surface area contributed by atoms with Crippen LogP contribution >= 0.6 is 0 Å². The van der Waals surface area contributed by atoms with Crippen LogP contribution in [0.2, 0.25) is 0 Å². The third-order valence-corrected chi connectivity index (χ3v) is 5.13. The maximum Gasteiger partial charge on any atom is 0.243 e. The van der Waals surface area contributed by atoms with Crippen molar-refractivity contribution in [3.63, 3.8) is 0 Å². The van der Waals surface area contributed by atoms with E-state index >= 15 is 0 Å². The Hall–Kier alpha value is -2.36. The molecule has 2 aromatic carbocycles. The molecule has 27 heavy (non-hydrogen) atoms. The molecule has 0 radical (unpaired) electrons. The molecule has 1 unspecified atom stereocenters. The number of rotatable bonds is 4. The van der Waals surface area contributed by atoms with E-state index < -0.39 is 39.4 Å². The molecule has 1 amide bonds. The van der Waals surface area contributed by atoms with Gasteiger partial charge in [-0.15, -0.1) is 0 Å². The Morgan fingerprint density at radius 3 is 2.56 bits per heavy atom. The molecule has 0 saturated carbocycles. The first kappa shape index (κ1) is 19.4. The van der Waals surface area contributed by atoms with Crippen LogP contribution in [0.3, 0.4) is 0 Å². The monoisotopic (exact) mass is 395 g/mol. The summed E-state index contributed by atoms with van der Waals surface area (Å²) in [4.78, 5) is 13.8. The Balaban J connectivity index is 2.25. The minimum Gasteiger partial charge on any atom is -0.320 e. The van der Waals surface area contributed by atoms with Gasteiger partial charge in [-0.2, -0.15) is 0 Å². The van der Waals surface area contributed by atoms with Gasteiger partial charge in [-0.3, -0.25) is 4.79 Å². The fraction of sp³-hybridized carbons (Fsp3) is 0.278. The molecule has 0 aliphatic carbocycles. The second kappa shape index (κ2) is 7.34. The van der Waals surface area contributed by atoms with Crippen LogP contribution in [0.15, 0.2) is 36.4 Å². The van der Waals surface area contributed by atoms with E-state index in [4.69, 9.17) is 10.9 Å². The third-order valence-electron chi connectivity index (χ3n) is 4.44. The highest BCUT2D eigenvalue weighted by atomic mass is 32.2. The summed E-state index contributed by atoms with van der Waals surface area (Å²) in [6.45, 7) is 0.274. The molecule has 1 heterocycles. The number of piperidine rings is 1. The van der Waals surface area contributed by atoms with E-state index in [-0.39, 0.29) is 28.9 Å². The van der Waals surface area contributed by atoms with Crippen LogP contribution in [0, 0.1) is 11.6 Å². The second-order valence-electron chi connectivity index (χ2n) is 6.51. The van der Waals surface area contributed by atoms with E-state index in [0.717, 1.165) is 18.2 Å². The predicted octanol–water partition coefficient (Wildman–Crippen LogP) is 1.87. The van der Waals surface area contributed by atoms with Gasteiger partial charge in [-0.1, -0.05) is 12.1 Å². The van der Waals surface area contributed by atoms with Crippen molar-refractivity contribution in [1.82, 2.24) is 0 Å². The van der Waals surface area contributed by atoms with Crippen molar-refractivity contribution < 1.29 is 22.0 Å². The smallest absolute Gasteiger partial charge is 0.243 e. The zero-order valence-electron chi connectivity index (χ0n) is 14.4. The van der Waals surface area contributed by atoms with Crippen LogP contribution in [-0.2, 0) is 20.6 Å². The van der Waals surface area contributed by atoms with E-state index in [0.29, 0.717) is 12.8 Å². The lowest BCUT2D eigenvalue weighted by atomic mass is 9.96. The van der Waals surface area contributed by atoms with Gasteiger partial charge in [0.25, 0.3) is 0 Å². The summed E-state index contributed by atoms with van der Waals surface area (Å²) in [7, 11) is -4.01. The lowest BCUT2D eigenvalue weighted by Crippen LogP contribution is -2.49. The molecule has 1 atom stereocenters. The summed E-state index contributed by atoms with van der Waals surface area (Å²) in [6.07, 6.45) is 1.08. The van der Waals surface area contributed by atoms with E-state index in [1.807, 2.05) is 0 Å². The number of hydrogen-bond acceptors (Lipinski definition) is 4.